The highest BCUT2D eigenvalue weighted by Gasteiger charge is 2.35. The Bertz CT molecular complexity index is 837. The number of urea groups is 1. The fourth-order valence-electron chi connectivity index (χ4n) is 3.31. The first kappa shape index (κ1) is 22.4. The van der Waals surface area contributed by atoms with E-state index >= 15 is 0 Å². The van der Waals surface area contributed by atoms with Crippen LogP contribution in [0.3, 0.4) is 0 Å². The van der Waals surface area contributed by atoms with Gasteiger partial charge in [-0.25, -0.2) is 4.79 Å². The number of carbonyl (C=O) groups is 1. The molecule has 1 fully saturated rings. The van der Waals surface area contributed by atoms with Crippen molar-refractivity contribution in [3.05, 3.63) is 46.2 Å². The Morgan fingerprint density at radius 2 is 2.00 bits per heavy atom. The van der Waals surface area contributed by atoms with Crippen LogP contribution in [-0.2, 0) is 10.9 Å². The number of halogens is 3. The van der Waals surface area contributed by atoms with Crippen molar-refractivity contribution in [1.82, 2.24) is 10.2 Å². The molecule has 2 N–H and O–H groups in total. The van der Waals surface area contributed by atoms with Crippen LogP contribution in [0.4, 0.5) is 29.3 Å². The van der Waals surface area contributed by atoms with Crippen molar-refractivity contribution in [2.75, 3.05) is 57.2 Å². The lowest BCUT2D eigenvalue weighted by molar-refractivity contribution is -0.136. The Kier molecular flexibility index (Phi) is 7.22. The minimum atomic E-state index is -4.59. The molecule has 6 nitrogen and oxygen atoms in total. The van der Waals surface area contributed by atoms with Crippen molar-refractivity contribution < 1.29 is 22.7 Å². The summed E-state index contributed by atoms with van der Waals surface area (Å²) in [6.45, 7) is 2.27. The number of alkyl halides is 3. The summed E-state index contributed by atoms with van der Waals surface area (Å²) in [5.74, 6) is 0. The number of benzene rings is 1. The van der Waals surface area contributed by atoms with Crippen molar-refractivity contribution >= 4 is 28.7 Å². The Balaban J connectivity index is 1.70. The number of carbonyl (C=O) groups excluding carboxylic acids is 1. The van der Waals surface area contributed by atoms with E-state index < -0.39 is 17.8 Å². The largest absolute Gasteiger partial charge is 0.418 e. The monoisotopic (exact) mass is 442 g/mol. The van der Waals surface area contributed by atoms with Gasteiger partial charge in [-0.3, -0.25) is 0 Å². The minimum absolute atomic E-state index is 0.0761. The first-order valence-corrected chi connectivity index (χ1v) is 10.5. The number of rotatable bonds is 6. The van der Waals surface area contributed by atoms with Gasteiger partial charge < -0.3 is 25.2 Å². The molecule has 0 spiro atoms. The molecule has 1 aromatic carbocycles. The molecule has 164 valence electrons. The van der Waals surface area contributed by atoms with Gasteiger partial charge >= 0.3 is 12.2 Å². The van der Waals surface area contributed by atoms with E-state index in [-0.39, 0.29) is 18.3 Å². The zero-order valence-electron chi connectivity index (χ0n) is 16.8. The van der Waals surface area contributed by atoms with Crippen LogP contribution in [0, 0.1) is 0 Å². The molecule has 2 amide bonds. The average molecular weight is 443 g/mol. The molecule has 0 aliphatic carbocycles. The summed E-state index contributed by atoms with van der Waals surface area (Å²) in [7, 11) is 3.77. The van der Waals surface area contributed by atoms with Crippen LogP contribution in [0.2, 0.25) is 0 Å². The third-order valence-electron chi connectivity index (χ3n) is 4.94. The van der Waals surface area contributed by atoms with Crippen LogP contribution in [0.1, 0.15) is 17.2 Å². The molecule has 30 heavy (non-hydrogen) atoms. The number of hydrogen-bond donors (Lipinski definition) is 2. The van der Waals surface area contributed by atoms with E-state index in [2.05, 4.69) is 10.6 Å². The highest BCUT2D eigenvalue weighted by Crippen LogP contribution is 2.37. The van der Waals surface area contributed by atoms with Crippen LogP contribution in [-0.4, -0.2) is 57.9 Å². The van der Waals surface area contributed by atoms with E-state index in [9.17, 15) is 18.0 Å². The highest BCUT2D eigenvalue weighted by atomic mass is 32.1. The van der Waals surface area contributed by atoms with E-state index in [4.69, 9.17) is 4.74 Å². The van der Waals surface area contributed by atoms with Crippen molar-refractivity contribution in [3.63, 3.8) is 0 Å². The summed E-state index contributed by atoms with van der Waals surface area (Å²) < 4.78 is 46.1. The Labute approximate surface area is 177 Å². The maximum Gasteiger partial charge on any atom is 0.418 e. The van der Waals surface area contributed by atoms with E-state index in [1.54, 1.807) is 17.4 Å². The summed E-state index contributed by atoms with van der Waals surface area (Å²) in [6, 6.07) is 5.17. The predicted octanol–water partition coefficient (Wildman–Crippen LogP) is 4.03. The molecule has 1 atom stereocenters. The van der Waals surface area contributed by atoms with Crippen molar-refractivity contribution in [1.29, 1.82) is 0 Å². The number of thiophene rings is 1. The number of likely N-dealkylation sites (N-methyl/N-ethyl adjacent to an activating group) is 1. The molecule has 1 aromatic heterocycles. The van der Waals surface area contributed by atoms with Gasteiger partial charge in [0, 0.05) is 25.3 Å². The van der Waals surface area contributed by atoms with Gasteiger partial charge in [0.2, 0.25) is 0 Å². The van der Waals surface area contributed by atoms with Gasteiger partial charge in [-0.1, -0.05) is 0 Å². The standard InChI is InChI=1S/C20H25F3N4O2S/c1-26(2)18(14-5-10-30-13-14)12-24-19(28)25-17-4-3-15(11-16(17)20(21,22)23)27-6-8-29-9-7-27/h3-5,10-11,13,18H,6-9,12H2,1-2H3,(H2,24,25,28). The number of ether oxygens (including phenoxy) is 1. The molecule has 1 aliphatic rings. The second-order valence-corrected chi connectivity index (χ2v) is 7.98. The summed E-state index contributed by atoms with van der Waals surface area (Å²) in [4.78, 5) is 16.1. The quantitative estimate of drug-likeness (QED) is 0.709. The minimum Gasteiger partial charge on any atom is -0.378 e. The lowest BCUT2D eigenvalue weighted by Crippen LogP contribution is -2.37. The third kappa shape index (κ3) is 5.65. The third-order valence-corrected chi connectivity index (χ3v) is 5.64. The van der Waals surface area contributed by atoms with Gasteiger partial charge in [-0.15, -0.1) is 0 Å². The maximum absolute atomic E-state index is 13.6. The topological polar surface area (TPSA) is 56.8 Å². The first-order chi connectivity index (χ1) is 14.3. The van der Waals surface area contributed by atoms with Gasteiger partial charge in [0.1, 0.15) is 0 Å². The van der Waals surface area contributed by atoms with Crippen LogP contribution < -0.4 is 15.5 Å². The first-order valence-electron chi connectivity index (χ1n) is 9.53. The molecule has 3 rings (SSSR count). The van der Waals surface area contributed by atoms with E-state index in [0.717, 1.165) is 11.6 Å². The zero-order chi connectivity index (χ0) is 21.7. The number of anilines is 2. The molecule has 1 unspecified atom stereocenters. The lowest BCUT2D eigenvalue weighted by atomic mass is 10.1. The van der Waals surface area contributed by atoms with Crippen LogP contribution >= 0.6 is 11.3 Å². The molecule has 1 saturated heterocycles. The number of hydrogen-bond acceptors (Lipinski definition) is 5. The molecular weight excluding hydrogens is 417 g/mol. The summed E-state index contributed by atoms with van der Waals surface area (Å²) >= 11 is 1.55. The van der Waals surface area contributed by atoms with Gasteiger partial charge in [0.05, 0.1) is 30.5 Å². The molecule has 0 radical (unpaired) electrons. The number of nitrogens with one attached hydrogen (secondary N) is 2. The van der Waals surface area contributed by atoms with E-state index in [0.29, 0.717) is 32.0 Å². The summed E-state index contributed by atoms with van der Waals surface area (Å²) in [5, 5.41) is 8.96. The molecule has 10 heteroatoms. The lowest BCUT2D eigenvalue weighted by Gasteiger charge is -2.29. The average Bonchev–Trinajstić information content (AvgIpc) is 3.22. The van der Waals surface area contributed by atoms with E-state index in [1.807, 2.05) is 40.7 Å². The number of morpholine rings is 1. The van der Waals surface area contributed by atoms with Gasteiger partial charge in [0.25, 0.3) is 0 Å². The molecule has 1 aliphatic heterocycles. The smallest absolute Gasteiger partial charge is 0.378 e. The Morgan fingerprint density at radius 1 is 1.27 bits per heavy atom. The second-order valence-electron chi connectivity index (χ2n) is 7.20. The second kappa shape index (κ2) is 9.67. The van der Waals surface area contributed by atoms with Crippen LogP contribution in [0.25, 0.3) is 0 Å². The fraction of sp³-hybridized carbons (Fsp3) is 0.450. The van der Waals surface area contributed by atoms with Gasteiger partial charge in [-0.05, 0) is 54.7 Å². The molecule has 0 saturated carbocycles. The Hall–Kier alpha value is -2.30. The van der Waals surface area contributed by atoms with Crippen molar-refractivity contribution in [3.8, 4) is 0 Å². The van der Waals surface area contributed by atoms with Crippen molar-refractivity contribution in [2.24, 2.45) is 0 Å². The molecule has 2 heterocycles. The zero-order valence-corrected chi connectivity index (χ0v) is 17.6. The summed E-state index contributed by atoms with van der Waals surface area (Å²) in [6.07, 6.45) is -4.59. The maximum atomic E-state index is 13.6. The van der Waals surface area contributed by atoms with E-state index in [1.165, 1.54) is 6.07 Å². The van der Waals surface area contributed by atoms with Gasteiger partial charge in [-0.2, -0.15) is 24.5 Å². The molecule has 0 bridgehead atoms. The van der Waals surface area contributed by atoms with Crippen LogP contribution in [0.5, 0.6) is 0 Å². The normalized spacial score (nSPS) is 15.9. The Morgan fingerprint density at radius 3 is 2.60 bits per heavy atom. The predicted molar refractivity (Wildman–Crippen MR) is 112 cm³/mol. The molecular formula is C20H25F3N4O2S. The summed E-state index contributed by atoms with van der Waals surface area (Å²) in [5.41, 5.74) is 0.357. The highest BCUT2D eigenvalue weighted by molar-refractivity contribution is 7.07. The van der Waals surface area contributed by atoms with Gasteiger partial charge in [0.15, 0.2) is 0 Å². The SMILES string of the molecule is CN(C)C(CNC(=O)Nc1ccc(N2CCOCC2)cc1C(F)(F)F)c1ccsc1. The number of nitrogens with zero attached hydrogens (tertiary/aromatic N) is 2. The van der Waals surface area contributed by atoms with Crippen LogP contribution in [0.15, 0.2) is 35.0 Å². The molecule has 2 aromatic rings. The van der Waals surface area contributed by atoms with Crippen molar-refractivity contribution in [2.45, 2.75) is 12.2 Å². The fourth-order valence-corrected chi connectivity index (χ4v) is 4.02. The number of amides is 2.